The van der Waals surface area contributed by atoms with Crippen molar-refractivity contribution in [3.8, 4) is 17.1 Å². The van der Waals surface area contributed by atoms with E-state index in [0.717, 1.165) is 46.7 Å². The van der Waals surface area contributed by atoms with Crippen LogP contribution in [0, 0.1) is 0 Å². The number of carbonyl (C=O) groups excluding carboxylic acids is 1. The van der Waals surface area contributed by atoms with Crippen LogP contribution in [0.25, 0.3) is 11.4 Å². The number of anilines is 2. The summed E-state index contributed by atoms with van der Waals surface area (Å²) in [7, 11) is 0. The Morgan fingerprint density at radius 3 is 2.15 bits per heavy atom. The molecule has 0 N–H and O–H groups in total. The lowest BCUT2D eigenvalue weighted by molar-refractivity contribution is -0.121. The Morgan fingerprint density at radius 2 is 1.55 bits per heavy atom. The maximum absolute atomic E-state index is 13.8. The maximum atomic E-state index is 13.8. The summed E-state index contributed by atoms with van der Waals surface area (Å²) in [5.74, 6) is 1.15. The van der Waals surface area contributed by atoms with Gasteiger partial charge in [0.05, 0.1) is 18.0 Å². The van der Waals surface area contributed by atoms with E-state index in [-0.39, 0.29) is 5.91 Å². The highest BCUT2D eigenvalue weighted by Gasteiger charge is 2.31. The number of tetrazole rings is 1. The van der Waals surface area contributed by atoms with Crippen molar-refractivity contribution in [2.24, 2.45) is 0 Å². The van der Waals surface area contributed by atoms with Crippen molar-refractivity contribution in [2.45, 2.75) is 32.7 Å². The third-order valence-electron chi connectivity index (χ3n) is 5.90. The number of rotatable bonds is 5. The minimum atomic E-state index is -0.631. The molecule has 2 heterocycles. The second-order valence-corrected chi connectivity index (χ2v) is 8.00. The Bertz CT molecular complexity index is 1230. The molecule has 7 heteroatoms. The number of aromatic nitrogens is 4. The first-order chi connectivity index (χ1) is 16.2. The van der Waals surface area contributed by atoms with Gasteiger partial charge in [-0.15, -0.1) is 10.2 Å². The van der Waals surface area contributed by atoms with Gasteiger partial charge in [0.1, 0.15) is 11.8 Å². The fourth-order valence-electron chi connectivity index (χ4n) is 4.17. The molecule has 0 fully saturated rings. The van der Waals surface area contributed by atoms with Crippen LogP contribution < -0.4 is 9.64 Å². The highest BCUT2D eigenvalue weighted by atomic mass is 16.5. The molecule has 0 saturated heterocycles. The zero-order valence-electron chi connectivity index (χ0n) is 18.7. The van der Waals surface area contributed by atoms with E-state index in [1.54, 1.807) is 0 Å². The molecule has 1 amide bonds. The van der Waals surface area contributed by atoms with Gasteiger partial charge in [0.15, 0.2) is 0 Å². The van der Waals surface area contributed by atoms with E-state index in [2.05, 4.69) is 27.5 Å². The van der Waals surface area contributed by atoms with E-state index >= 15 is 0 Å². The molecule has 1 aliphatic rings. The van der Waals surface area contributed by atoms with Gasteiger partial charge in [0, 0.05) is 5.56 Å². The molecule has 0 unspecified atom stereocenters. The van der Waals surface area contributed by atoms with Crippen molar-refractivity contribution >= 4 is 17.3 Å². The standard InChI is InChI=1S/C26H25N5O2/c1-3-33-22-16-14-21(15-17-22)25-27-29-31(28-25)18(2)26(32)30-23-10-6-4-8-19(23)12-13-20-9-5-7-11-24(20)30/h4-11,14-18H,3,12-13H2,1-2H3/t18-/m1/s1. The highest BCUT2D eigenvalue weighted by molar-refractivity contribution is 6.04. The van der Waals surface area contributed by atoms with Gasteiger partial charge in [0.25, 0.3) is 5.91 Å². The van der Waals surface area contributed by atoms with Crippen LogP contribution in [0.3, 0.4) is 0 Å². The topological polar surface area (TPSA) is 73.1 Å². The number of carbonyl (C=O) groups is 1. The molecule has 5 rings (SSSR count). The summed E-state index contributed by atoms with van der Waals surface area (Å²) in [6.45, 7) is 4.36. The average molecular weight is 440 g/mol. The molecule has 1 aromatic heterocycles. The molecular formula is C26H25N5O2. The van der Waals surface area contributed by atoms with Crippen LogP contribution in [0.1, 0.15) is 31.0 Å². The van der Waals surface area contributed by atoms with Crippen molar-refractivity contribution in [1.82, 2.24) is 20.2 Å². The van der Waals surface area contributed by atoms with Crippen molar-refractivity contribution in [3.05, 3.63) is 83.9 Å². The number of ether oxygens (including phenoxy) is 1. The lowest BCUT2D eigenvalue weighted by Crippen LogP contribution is -2.34. The maximum Gasteiger partial charge on any atom is 0.258 e. The largest absolute Gasteiger partial charge is 0.494 e. The highest BCUT2D eigenvalue weighted by Crippen LogP contribution is 2.37. The number of nitrogens with zero attached hydrogens (tertiary/aromatic N) is 5. The molecule has 0 bridgehead atoms. The van der Waals surface area contributed by atoms with Gasteiger partial charge in [0.2, 0.25) is 5.82 Å². The van der Waals surface area contributed by atoms with Gasteiger partial charge in [-0.1, -0.05) is 36.4 Å². The minimum Gasteiger partial charge on any atom is -0.494 e. The van der Waals surface area contributed by atoms with Crippen LogP contribution in [0.5, 0.6) is 5.75 Å². The molecule has 1 atom stereocenters. The molecule has 7 nitrogen and oxygen atoms in total. The summed E-state index contributed by atoms with van der Waals surface area (Å²) >= 11 is 0. The summed E-state index contributed by atoms with van der Waals surface area (Å²) in [5, 5.41) is 12.9. The quantitative estimate of drug-likeness (QED) is 0.448. The molecule has 0 radical (unpaired) electrons. The number of para-hydroxylation sites is 2. The third-order valence-corrected chi connectivity index (χ3v) is 5.90. The zero-order valence-corrected chi connectivity index (χ0v) is 18.7. The Kier molecular flexibility index (Phi) is 5.60. The minimum absolute atomic E-state index is 0.104. The lowest BCUT2D eigenvalue weighted by Gasteiger charge is -2.27. The second kappa shape index (κ2) is 8.86. The average Bonchev–Trinajstić information content (AvgIpc) is 3.28. The predicted molar refractivity (Wildman–Crippen MR) is 127 cm³/mol. The van der Waals surface area contributed by atoms with Gasteiger partial charge in [-0.2, -0.15) is 4.80 Å². The van der Waals surface area contributed by atoms with Gasteiger partial charge in [-0.25, -0.2) is 0 Å². The number of hydrogen-bond acceptors (Lipinski definition) is 5. The summed E-state index contributed by atoms with van der Waals surface area (Å²) in [6.07, 6.45) is 1.77. The Balaban J connectivity index is 1.47. The number of aryl methyl sites for hydroxylation is 2. The molecule has 3 aromatic carbocycles. The van der Waals surface area contributed by atoms with Crippen LogP contribution >= 0.6 is 0 Å². The molecule has 33 heavy (non-hydrogen) atoms. The predicted octanol–water partition coefficient (Wildman–Crippen LogP) is 4.76. The smallest absolute Gasteiger partial charge is 0.258 e. The Hall–Kier alpha value is -4.00. The van der Waals surface area contributed by atoms with Crippen LogP contribution in [-0.2, 0) is 17.6 Å². The Morgan fingerprint density at radius 1 is 0.939 bits per heavy atom. The van der Waals surface area contributed by atoms with Gasteiger partial charge >= 0.3 is 0 Å². The van der Waals surface area contributed by atoms with Crippen molar-refractivity contribution < 1.29 is 9.53 Å². The van der Waals surface area contributed by atoms with Crippen molar-refractivity contribution in [2.75, 3.05) is 11.5 Å². The van der Waals surface area contributed by atoms with E-state index in [1.165, 1.54) is 4.80 Å². The zero-order chi connectivity index (χ0) is 22.8. The number of amides is 1. The van der Waals surface area contributed by atoms with E-state index < -0.39 is 6.04 Å². The molecule has 0 spiro atoms. The van der Waals surface area contributed by atoms with Crippen LogP contribution in [0.15, 0.2) is 72.8 Å². The van der Waals surface area contributed by atoms with Crippen LogP contribution in [-0.4, -0.2) is 32.7 Å². The number of hydrogen-bond donors (Lipinski definition) is 0. The summed E-state index contributed by atoms with van der Waals surface area (Å²) < 4.78 is 5.49. The van der Waals surface area contributed by atoms with Gasteiger partial charge in [-0.3, -0.25) is 9.69 Å². The van der Waals surface area contributed by atoms with E-state index in [0.29, 0.717) is 12.4 Å². The second-order valence-electron chi connectivity index (χ2n) is 8.00. The fourth-order valence-corrected chi connectivity index (χ4v) is 4.17. The SMILES string of the molecule is CCOc1ccc(-c2nnn([C@H](C)C(=O)N3c4ccccc4CCc4ccccc43)n2)cc1. The first-order valence-corrected chi connectivity index (χ1v) is 11.2. The summed E-state index contributed by atoms with van der Waals surface area (Å²) in [6, 6.07) is 23.0. The number of fused-ring (bicyclic) bond motifs is 2. The third kappa shape index (κ3) is 3.98. The molecule has 4 aromatic rings. The van der Waals surface area contributed by atoms with Crippen LogP contribution in [0.2, 0.25) is 0 Å². The first-order valence-electron chi connectivity index (χ1n) is 11.2. The van der Waals surface area contributed by atoms with Crippen molar-refractivity contribution in [1.29, 1.82) is 0 Å². The van der Waals surface area contributed by atoms with E-state index in [4.69, 9.17) is 4.74 Å². The number of benzene rings is 3. The molecule has 0 aliphatic carbocycles. The van der Waals surface area contributed by atoms with Gasteiger partial charge < -0.3 is 4.74 Å². The normalized spacial score (nSPS) is 13.6. The molecule has 166 valence electrons. The van der Waals surface area contributed by atoms with E-state index in [9.17, 15) is 4.79 Å². The summed E-state index contributed by atoms with van der Waals surface area (Å²) in [4.78, 5) is 17.0. The van der Waals surface area contributed by atoms with Gasteiger partial charge in [-0.05, 0) is 79.4 Å². The monoisotopic (exact) mass is 439 g/mol. The first kappa shape index (κ1) is 20.9. The molecule has 0 saturated carbocycles. The van der Waals surface area contributed by atoms with Crippen molar-refractivity contribution in [3.63, 3.8) is 0 Å². The van der Waals surface area contributed by atoms with E-state index in [1.807, 2.05) is 79.4 Å². The summed E-state index contributed by atoms with van der Waals surface area (Å²) in [5.41, 5.74) is 4.93. The molecular weight excluding hydrogens is 414 g/mol. The fraction of sp³-hybridized carbons (Fsp3) is 0.231. The Labute approximate surface area is 192 Å². The molecule has 1 aliphatic heterocycles. The van der Waals surface area contributed by atoms with Crippen LogP contribution in [0.4, 0.5) is 11.4 Å². The lowest BCUT2D eigenvalue weighted by atomic mass is 10.0.